The highest BCUT2D eigenvalue weighted by molar-refractivity contribution is 6.03. The van der Waals surface area contributed by atoms with Crippen molar-refractivity contribution >= 4 is 11.6 Å². The van der Waals surface area contributed by atoms with Crippen molar-refractivity contribution < 1.29 is 43.8 Å². The Labute approximate surface area is 264 Å². The summed E-state index contributed by atoms with van der Waals surface area (Å²) in [5, 5.41) is 50.9. The van der Waals surface area contributed by atoms with E-state index in [9.17, 15) is 39.1 Å². The molecule has 2 saturated heterocycles. The van der Waals surface area contributed by atoms with Gasteiger partial charge in [-0.15, -0.1) is 0 Å². The molecule has 0 unspecified atom stereocenters. The highest BCUT2D eigenvalue weighted by atomic mass is 19.1. The normalized spacial score (nSPS) is 26.9. The van der Waals surface area contributed by atoms with E-state index < -0.39 is 60.8 Å². The summed E-state index contributed by atoms with van der Waals surface area (Å²) in [6.45, 7) is -0.507. The Kier molecular flexibility index (Phi) is 9.28. The number of amides is 1. The maximum Gasteiger partial charge on any atom is 0.233 e. The summed E-state index contributed by atoms with van der Waals surface area (Å²) in [7, 11) is 0. The molecule has 2 fully saturated rings. The highest BCUT2D eigenvalue weighted by Gasteiger charge is 2.48. The van der Waals surface area contributed by atoms with Gasteiger partial charge in [-0.25, -0.2) is 8.78 Å². The standard InChI is InChI=1S/C36H35F2NO7/c37-25-11-9-22(10-12-25)29(41)18-17-28-31(39(36(28)45)27-15-13-26(38)14-16-27)23-5-1-20(2-6-23)21-3-7-24(8-4-21)35-34(44)33(43)32(42)30(19-40)46-35/h1-16,28-35,40-44H,17-19H2/t28-,29+,30+,31-,32+,33-,34+,35-/m1/s1. The van der Waals surface area contributed by atoms with E-state index in [2.05, 4.69) is 0 Å². The monoisotopic (exact) mass is 631 g/mol. The SMILES string of the molecule is O=C1[C@H](CC[C@H](O)c2ccc(F)cc2)[C@@H](c2ccc(-c3ccc([C@H]4O[C@@H](CO)[C@H](O)[C@@H](O)[C@@H]4O)cc3)cc2)N1c1ccc(F)cc1. The number of benzene rings is 4. The molecule has 4 aromatic rings. The number of aliphatic hydroxyl groups excluding tert-OH is 5. The van der Waals surface area contributed by atoms with Gasteiger partial charge in [-0.3, -0.25) is 4.79 Å². The Balaban J connectivity index is 1.20. The van der Waals surface area contributed by atoms with Crippen LogP contribution in [0, 0.1) is 17.6 Å². The molecule has 5 N–H and O–H groups in total. The molecule has 240 valence electrons. The first kappa shape index (κ1) is 31.9. The van der Waals surface area contributed by atoms with E-state index in [0.29, 0.717) is 29.7 Å². The molecular formula is C36H35F2NO7. The highest BCUT2D eigenvalue weighted by Crippen LogP contribution is 2.46. The van der Waals surface area contributed by atoms with E-state index in [1.165, 1.54) is 36.4 Å². The van der Waals surface area contributed by atoms with Crippen molar-refractivity contribution in [2.75, 3.05) is 11.5 Å². The fourth-order valence-electron chi connectivity index (χ4n) is 6.40. The third-order valence-electron chi connectivity index (χ3n) is 9.04. The third kappa shape index (κ3) is 6.20. The van der Waals surface area contributed by atoms with E-state index in [0.717, 1.165) is 16.7 Å². The van der Waals surface area contributed by atoms with Crippen LogP contribution in [-0.2, 0) is 9.53 Å². The molecule has 8 atom stereocenters. The summed E-state index contributed by atoms with van der Waals surface area (Å²) in [5.74, 6) is -1.36. The Morgan fingerprint density at radius 2 is 1.26 bits per heavy atom. The Bertz CT molecular complexity index is 1630. The number of aliphatic hydroxyl groups is 5. The van der Waals surface area contributed by atoms with Crippen LogP contribution in [-0.4, -0.2) is 62.5 Å². The summed E-state index contributed by atoms with van der Waals surface area (Å²) in [5.41, 5.74) is 4.32. The van der Waals surface area contributed by atoms with Gasteiger partial charge in [0.25, 0.3) is 0 Å². The number of carbonyl (C=O) groups is 1. The number of hydrogen-bond acceptors (Lipinski definition) is 7. The maximum absolute atomic E-state index is 13.7. The molecule has 8 nitrogen and oxygen atoms in total. The molecule has 0 radical (unpaired) electrons. The van der Waals surface area contributed by atoms with Crippen LogP contribution in [0.3, 0.4) is 0 Å². The lowest BCUT2D eigenvalue weighted by atomic mass is 9.78. The number of β-lactam (4-membered cyclic amide) rings is 1. The number of halogens is 2. The van der Waals surface area contributed by atoms with Crippen LogP contribution in [0.1, 0.15) is 47.8 Å². The molecule has 2 aliphatic heterocycles. The van der Waals surface area contributed by atoms with Gasteiger partial charge in [0.05, 0.1) is 24.7 Å². The zero-order chi connectivity index (χ0) is 32.5. The molecular weight excluding hydrogens is 596 g/mol. The van der Waals surface area contributed by atoms with E-state index in [4.69, 9.17) is 4.74 Å². The van der Waals surface area contributed by atoms with Crippen LogP contribution >= 0.6 is 0 Å². The molecule has 0 spiro atoms. The van der Waals surface area contributed by atoms with Crippen molar-refractivity contribution in [2.45, 2.75) is 55.5 Å². The predicted molar refractivity (Wildman–Crippen MR) is 165 cm³/mol. The Morgan fingerprint density at radius 3 is 1.83 bits per heavy atom. The molecule has 0 bridgehead atoms. The fourth-order valence-corrected chi connectivity index (χ4v) is 6.40. The summed E-state index contributed by atoms with van der Waals surface area (Å²) >= 11 is 0. The van der Waals surface area contributed by atoms with Gasteiger partial charge in [-0.05, 0) is 77.1 Å². The van der Waals surface area contributed by atoms with Crippen molar-refractivity contribution in [2.24, 2.45) is 5.92 Å². The van der Waals surface area contributed by atoms with Gasteiger partial charge in [-0.1, -0.05) is 60.7 Å². The molecule has 4 aromatic carbocycles. The van der Waals surface area contributed by atoms with Gasteiger partial charge in [-0.2, -0.15) is 0 Å². The molecule has 0 saturated carbocycles. The summed E-state index contributed by atoms with van der Waals surface area (Å²) in [6.07, 6.45) is -6.37. The second kappa shape index (κ2) is 13.4. The average molecular weight is 632 g/mol. The van der Waals surface area contributed by atoms with Crippen molar-refractivity contribution in [1.82, 2.24) is 0 Å². The summed E-state index contributed by atoms with van der Waals surface area (Å²) < 4.78 is 32.7. The first-order chi connectivity index (χ1) is 22.2. The number of carbonyl (C=O) groups excluding carboxylic acids is 1. The molecule has 0 aromatic heterocycles. The second-order valence-corrected chi connectivity index (χ2v) is 11.9. The lowest BCUT2D eigenvalue weighted by Gasteiger charge is -2.48. The van der Waals surface area contributed by atoms with Crippen LogP contribution in [0.2, 0.25) is 0 Å². The largest absolute Gasteiger partial charge is 0.394 e. The zero-order valence-electron chi connectivity index (χ0n) is 24.7. The minimum Gasteiger partial charge on any atom is -0.394 e. The molecule has 2 heterocycles. The number of anilines is 1. The smallest absolute Gasteiger partial charge is 0.233 e. The van der Waals surface area contributed by atoms with Crippen molar-refractivity contribution in [3.8, 4) is 11.1 Å². The van der Waals surface area contributed by atoms with Crippen LogP contribution in [0.15, 0.2) is 97.1 Å². The first-order valence-electron chi connectivity index (χ1n) is 15.2. The molecule has 10 heteroatoms. The van der Waals surface area contributed by atoms with Gasteiger partial charge in [0.15, 0.2) is 0 Å². The molecule has 1 amide bonds. The minimum atomic E-state index is -1.47. The maximum atomic E-state index is 13.7. The van der Waals surface area contributed by atoms with Crippen LogP contribution in [0.5, 0.6) is 0 Å². The lowest BCUT2D eigenvalue weighted by Crippen LogP contribution is -2.55. The van der Waals surface area contributed by atoms with Crippen molar-refractivity contribution in [1.29, 1.82) is 0 Å². The van der Waals surface area contributed by atoms with Gasteiger partial charge < -0.3 is 35.2 Å². The van der Waals surface area contributed by atoms with Crippen LogP contribution in [0.4, 0.5) is 14.5 Å². The first-order valence-corrected chi connectivity index (χ1v) is 15.2. The third-order valence-corrected chi connectivity index (χ3v) is 9.04. The van der Waals surface area contributed by atoms with Gasteiger partial charge in [0.1, 0.15) is 42.2 Å². The summed E-state index contributed by atoms with van der Waals surface area (Å²) in [4.78, 5) is 15.0. The van der Waals surface area contributed by atoms with E-state index in [1.807, 2.05) is 36.4 Å². The van der Waals surface area contributed by atoms with E-state index in [1.54, 1.807) is 29.2 Å². The minimum absolute atomic E-state index is 0.129. The summed E-state index contributed by atoms with van der Waals surface area (Å²) in [6, 6.07) is 25.9. The second-order valence-electron chi connectivity index (χ2n) is 11.9. The average Bonchev–Trinajstić information content (AvgIpc) is 3.07. The molecule has 2 aliphatic rings. The number of rotatable bonds is 9. The van der Waals surface area contributed by atoms with E-state index in [-0.39, 0.29) is 11.9 Å². The topological polar surface area (TPSA) is 131 Å². The van der Waals surface area contributed by atoms with Crippen molar-refractivity contribution in [3.63, 3.8) is 0 Å². The van der Waals surface area contributed by atoms with Gasteiger partial charge >= 0.3 is 0 Å². The van der Waals surface area contributed by atoms with Gasteiger partial charge in [0.2, 0.25) is 5.91 Å². The molecule has 46 heavy (non-hydrogen) atoms. The van der Waals surface area contributed by atoms with Gasteiger partial charge in [0, 0.05) is 5.69 Å². The van der Waals surface area contributed by atoms with E-state index >= 15 is 0 Å². The van der Waals surface area contributed by atoms with Crippen LogP contribution in [0.25, 0.3) is 11.1 Å². The Hall–Kier alpha value is -4.03. The number of ether oxygens (including phenoxy) is 1. The number of hydrogen-bond donors (Lipinski definition) is 5. The predicted octanol–water partition coefficient (Wildman–Crippen LogP) is 4.36. The van der Waals surface area contributed by atoms with Crippen molar-refractivity contribution in [3.05, 3.63) is 125 Å². The zero-order valence-corrected chi connectivity index (χ0v) is 24.7. The fraction of sp³-hybridized carbons (Fsp3) is 0.306. The quantitative estimate of drug-likeness (QED) is 0.174. The Morgan fingerprint density at radius 1 is 0.717 bits per heavy atom. The number of nitrogens with zero attached hydrogens (tertiary/aromatic N) is 1. The van der Waals surface area contributed by atoms with Crippen LogP contribution < -0.4 is 4.90 Å². The molecule has 0 aliphatic carbocycles. The molecule has 6 rings (SSSR count). The lowest BCUT2D eigenvalue weighted by molar-refractivity contribution is -0.231.